The molecule has 0 atom stereocenters. The van der Waals surface area contributed by atoms with Crippen molar-refractivity contribution in [3.63, 3.8) is 0 Å². The molecule has 2 N–H and O–H groups in total. The molecule has 1 aliphatic rings. The minimum atomic E-state index is -4.43. The number of alkyl halides is 3. The molecule has 0 unspecified atom stereocenters. The van der Waals surface area contributed by atoms with Gasteiger partial charge in [-0.1, -0.05) is 26.0 Å². The van der Waals surface area contributed by atoms with Gasteiger partial charge in [0.2, 0.25) is 0 Å². The fourth-order valence-corrected chi connectivity index (χ4v) is 3.46. The maximum absolute atomic E-state index is 13.0. The highest BCUT2D eigenvalue weighted by Gasteiger charge is 2.30. The van der Waals surface area contributed by atoms with Crippen LogP contribution in [-0.4, -0.2) is 22.4 Å². The molecule has 0 fully saturated rings. The Balaban J connectivity index is 1.69. The van der Waals surface area contributed by atoms with Crippen molar-refractivity contribution in [1.82, 2.24) is 9.97 Å². The molecule has 2 heterocycles. The SMILES string of the molecule is CC(C)c1ncc(C(=O)Nc2ccc3c(c2)CCN3)c(-c2ccc(C(F)(F)F)cc2)n1. The summed E-state index contributed by atoms with van der Waals surface area (Å²) in [4.78, 5) is 21.8. The fourth-order valence-electron chi connectivity index (χ4n) is 3.46. The number of nitrogens with one attached hydrogen (secondary N) is 2. The van der Waals surface area contributed by atoms with E-state index in [2.05, 4.69) is 20.6 Å². The van der Waals surface area contributed by atoms with E-state index in [1.165, 1.54) is 18.3 Å². The van der Waals surface area contributed by atoms with E-state index in [0.29, 0.717) is 22.8 Å². The zero-order valence-electron chi connectivity index (χ0n) is 17.0. The third-order valence-corrected chi connectivity index (χ3v) is 5.13. The second kappa shape index (κ2) is 8.02. The first-order chi connectivity index (χ1) is 14.7. The van der Waals surface area contributed by atoms with E-state index < -0.39 is 17.6 Å². The Hall–Kier alpha value is -3.42. The van der Waals surface area contributed by atoms with Crippen LogP contribution in [0.2, 0.25) is 0 Å². The van der Waals surface area contributed by atoms with Gasteiger partial charge < -0.3 is 10.6 Å². The van der Waals surface area contributed by atoms with E-state index in [1.807, 2.05) is 26.0 Å². The van der Waals surface area contributed by atoms with Gasteiger partial charge in [-0.3, -0.25) is 4.79 Å². The topological polar surface area (TPSA) is 66.9 Å². The van der Waals surface area contributed by atoms with Gasteiger partial charge in [0.05, 0.1) is 16.8 Å². The minimum Gasteiger partial charge on any atom is -0.384 e. The quantitative estimate of drug-likeness (QED) is 0.578. The molecule has 8 heteroatoms. The van der Waals surface area contributed by atoms with Crippen LogP contribution in [0.4, 0.5) is 24.5 Å². The Morgan fingerprint density at radius 3 is 2.55 bits per heavy atom. The first-order valence-corrected chi connectivity index (χ1v) is 9.95. The number of hydrogen-bond donors (Lipinski definition) is 2. The number of fused-ring (bicyclic) bond motifs is 1. The summed E-state index contributed by atoms with van der Waals surface area (Å²) >= 11 is 0. The molecular weight excluding hydrogens is 405 g/mol. The summed E-state index contributed by atoms with van der Waals surface area (Å²) in [6.45, 7) is 4.67. The summed E-state index contributed by atoms with van der Waals surface area (Å²) in [7, 11) is 0. The normalized spacial score (nSPS) is 13.1. The van der Waals surface area contributed by atoms with Crippen LogP contribution in [0.15, 0.2) is 48.7 Å². The Kier molecular flexibility index (Phi) is 5.39. The number of benzene rings is 2. The summed E-state index contributed by atoms with van der Waals surface area (Å²) in [5.41, 5.74) is 2.96. The minimum absolute atomic E-state index is 0.00507. The number of anilines is 2. The highest BCUT2D eigenvalue weighted by atomic mass is 19.4. The lowest BCUT2D eigenvalue weighted by Crippen LogP contribution is -2.16. The zero-order chi connectivity index (χ0) is 22.2. The molecule has 5 nitrogen and oxygen atoms in total. The number of aromatic nitrogens is 2. The number of nitrogens with zero attached hydrogens (tertiary/aromatic N) is 2. The van der Waals surface area contributed by atoms with Gasteiger partial charge in [-0.15, -0.1) is 0 Å². The van der Waals surface area contributed by atoms with Crippen molar-refractivity contribution in [2.24, 2.45) is 0 Å². The number of amides is 1. The van der Waals surface area contributed by atoms with E-state index in [4.69, 9.17) is 0 Å². The Labute approximate surface area is 177 Å². The van der Waals surface area contributed by atoms with Crippen LogP contribution >= 0.6 is 0 Å². The molecule has 3 aromatic rings. The van der Waals surface area contributed by atoms with Gasteiger partial charge in [0.1, 0.15) is 5.82 Å². The standard InChI is InChI=1S/C23H21F3N4O/c1-13(2)21-28-12-18(20(30-21)14-3-5-16(6-4-14)23(24,25)26)22(31)29-17-7-8-19-15(11-17)9-10-27-19/h3-8,11-13,27H,9-10H2,1-2H3,(H,29,31). The van der Waals surface area contributed by atoms with E-state index in [0.717, 1.165) is 36.3 Å². The molecule has 0 saturated carbocycles. The van der Waals surface area contributed by atoms with Crippen molar-refractivity contribution >= 4 is 17.3 Å². The van der Waals surface area contributed by atoms with Crippen molar-refractivity contribution < 1.29 is 18.0 Å². The molecule has 2 aromatic carbocycles. The van der Waals surface area contributed by atoms with Crippen LogP contribution in [0.1, 0.15) is 47.1 Å². The predicted octanol–water partition coefficient (Wildman–Crippen LogP) is 5.51. The van der Waals surface area contributed by atoms with Crippen molar-refractivity contribution in [2.45, 2.75) is 32.4 Å². The van der Waals surface area contributed by atoms with Gasteiger partial charge in [0.15, 0.2) is 0 Å². The monoisotopic (exact) mass is 426 g/mol. The summed E-state index contributed by atoms with van der Waals surface area (Å²) in [5.74, 6) is 0.0840. The van der Waals surface area contributed by atoms with Gasteiger partial charge in [0, 0.05) is 35.6 Å². The van der Waals surface area contributed by atoms with Gasteiger partial charge in [-0.05, 0) is 42.3 Å². The predicted molar refractivity (Wildman–Crippen MR) is 113 cm³/mol. The van der Waals surface area contributed by atoms with Crippen LogP contribution in [0.5, 0.6) is 0 Å². The van der Waals surface area contributed by atoms with Crippen molar-refractivity contribution in [3.05, 3.63) is 71.2 Å². The van der Waals surface area contributed by atoms with Crippen LogP contribution in [0.3, 0.4) is 0 Å². The van der Waals surface area contributed by atoms with Gasteiger partial charge >= 0.3 is 6.18 Å². The lowest BCUT2D eigenvalue weighted by Gasteiger charge is -2.14. The fraction of sp³-hybridized carbons (Fsp3) is 0.261. The molecule has 160 valence electrons. The van der Waals surface area contributed by atoms with E-state index in [9.17, 15) is 18.0 Å². The maximum atomic E-state index is 13.0. The van der Waals surface area contributed by atoms with E-state index >= 15 is 0 Å². The molecule has 4 rings (SSSR count). The van der Waals surface area contributed by atoms with Gasteiger partial charge in [-0.25, -0.2) is 9.97 Å². The average molecular weight is 426 g/mol. The summed E-state index contributed by atoms with van der Waals surface area (Å²) in [6, 6.07) is 10.3. The third-order valence-electron chi connectivity index (χ3n) is 5.13. The molecule has 1 amide bonds. The van der Waals surface area contributed by atoms with Crippen molar-refractivity contribution in [3.8, 4) is 11.3 Å². The number of carbonyl (C=O) groups is 1. The number of rotatable bonds is 4. The van der Waals surface area contributed by atoms with Gasteiger partial charge in [0.25, 0.3) is 5.91 Å². The molecule has 31 heavy (non-hydrogen) atoms. The third kappa shape index (κ3) is 4.38. The first kappa shape index (κ1) is 20.8. The molecule has 0 spiro atoms. The highest BCUT2D eigenvalue weighted by molar-refractivity contribution is 6.08. The smallest absolute Gasteiger partial charge is 0.384 e. The Bertz CT molecular complexity index is 1120. The number of hydrogen-bond acceptors (Lipinski definition) is 4. The number of halogens is 3. The van der Waals surface area contributed by atoms with Crippen LogP contribution in [-0.2, 0) is 12.6 Å². The Morgan fingerprint density at radius 1 is 1.13 bits per heavy atom. The lowest BCUT2D eigenvalue weighted by atomic mass is 10.0. The summed E-state index contributed by atoms with van der Waals surface area (Å²) < 4.78 is 38.8. The van der Waals surface area contributed by atoms with E-state index in [-0.39, 0.29) is 11.5 Å². The first-order valence-electron chi connectivity index (χ1n) is 9.95. The zero-order valence-corrected chi connectivity index (χ0v) is 17.0. The average Bonchev–Trinajstić information content (AvgIpc) is 3.20. The largest absolute Gasteiger partial charge is 0.416 e. The molecule has 0 aliphatic carbocycles. The van der Waals surface area contributed by atoms with Crippen molar-refractivity contribution in [2.75, 3.05) is 17.2 Å². The van der Waals surface area contributed by atoms with Crippen LogP contribution in [0.25, 0.3) is 11.3 Å². The highest BCUT2D eigenvalue weighted by Crippen LogP contribution is 2.32. The Morgan fingerprint density at radius 2 is 1.87 bits per heavy atom. The molecule has 1 aromatic heterocycles. The number of carbonyl (C=O) groups excluding carboxylic acids is 1. The van der Waals surface area contributed by atoms with Crippen molar-refractivity contribution in [1.29, 1.82) is 0 Å². The van der Waals surface area contributed by atoms with Gasteiger partial charge in [-0.2, -0.15) is 13.2 Å². The second-order valence-corrected chi connectivity index (χ2v) is 7.72. The lowest BCUT2D eigenvalue weighted by molar-refractivity contribution is -0.137. The van der Waals surface area contributed by atoms with Crippen LogP contribution < -0.4 is 10.6 Å². The molecule has 1 aliphatic heterocycles. The molecular formula is C23H21F3N4O. The maximum Gasteiger partial charge on any atom is 0.416 e. The van der Waals surface area contributed by atoms with Crippen LogP contribution in [0, 0.1) is 0 Å². The molecule has 0 radical (unpaired) electrons. The second-order valence-electron chi connectivity index (χ2n) is 7.72. The molecule has 0 saturated heterocycles. The summed E-state index contributed by atoms with van der Waals surface area (Å²) in [6.07, 6.45) is -2.13. The molecule has 0 bridgehead atoms. The van der Waals surface area contributed by atoms with E-state index in [1.54, 1.807) is 6.07 Å². The summed E-state index contributed by atoms with van der Waals surface area (Å²) in [5, 5.41) is 6.12.